The summed E-state index contributed by atoms with van der Waals surface area (Å²) in [5, 5.41) is 6.19. The van der Waals surface area contributed by atoms with Crippen LogP contribution in [0.1, 0.15) is 6.42 Å². The Bertz CT molecular complexity index is 604. The maximum Gasteiger partial charge on any atom is 0.0738 e. The fourth-order valence-corrected chi connectivity index (χ4v) is 3.03. The first-order valence-corrected chi connectivity index (χ1v) is 7.30. The van der Waals surface area contributed by atoms with Gasteiger partial charge in [0, 0.05) is 28.1 Å². The van der Waals surface area contributed by atoms with Gasteiger partial charge in [-0.3, -0.25) is 10.4 Å². The SMILES string of the molecule is Clc1ccc2c(N/N=C3\CCSC3)ccnc2c1. The van der Waals surface area contributed by atoms with Gasteiger partial charge in [0.05, 0.1) is 11.2 Å². The normalized spacial score (nSPS) is 17.5. The first-order valence-electron chi connectivity index (χ1n) is 5.76. The van der Waals surface area contributed by atoms with Crippen molar-refractivity contribution in [3.8, 4) is 0 Å². The van der Waals surface area contributed by atoms with Crippen LogP contribution in [-0.2, 0) is 0 Å². The molecule has 1 aromatic carbocycles. The highest BCUT2D eigenvalue weighted by atomic mass is 35.5. The van der Waals surface area contributed by atoms with Crippen LogP contribution in [0.25, 0.3) is 10.9 Å². The van der Waals surface area contributed by atoms with Gasteiger partial charge in [0.25, 0.3) is 0 Å². The van der Waals surface area contributed by atoms with Crippen molar-refractivity contribution in [2.75, 3.05) is 16.9 Å². The van der Waals surface area contributed by atoms with Crippen molar-refractivity contribution in [3.63, 3.8) is 0 Å². The van der Waals surface area contributed by atoms with Crippen LogP contribution in [0, 0.1) is 0 Å². The molecule has 1 aliphatic rings. The number of rotatable bonds is 2. The highest BCUT2D eigenvalue weighted by Crippen LogP contribution is 2.24. The number of nitrogens with one attached hydrogen (secondary N) is 1. The second-order valence-corrected chi connectivity index (χ2v) is 5.65. The van der Waals surface area contributed by atoms with Gasteiger partial charge in [-0.15, -0.1) is 0 Å². The van der Waals surface area contributed by atoms with Gasteiger partial charge in [0.1, 0.15) is 0 Å². The van der Waals surface area contributed by atoms with Crippen LogP contribution in [0.3, 0.4) is 0 Å². The molecule has 0 radical (unpaired) electrons. The summed E-state index contributed by atoms with van der Waals surface area (Å²) in [6.07, 6.45) is 2.84. The number of nitrogens with zero attached hydrogens (tertiary/aromatic N) is 2. The fourth-order valence-electron chi connectivity index (χ4n) is 1.90. The van der Waals surface area contributed by atoms with Gasteiger partial charge in [-0.2, -0.15) is 16.9 Å². The summed E-state index contributed by atoms with van der Waals surface area (Å²) in [6, 6.07) is 7.63. The van der Waals surface area contributed by atoms with Crippen molar-refractivity contribution in [1.82, 2.24) is 4.98 Å². The Balaban J connectivity index is 1.94. The molecule has 0 atom stereocenters. The molecule has 0 bridgehead atoms. The van der Waals surface area contributed by atoms with E-state index in [1.165, 1.54) is 11.5 Å². The van der Waals surface area contributed by atoms with Gasteiger partial charge in [-0.1, -0.05) is 11.6 Å². The van der Waals surface area contributed by atoms with E-state index in [1.54, 1.807) is 6.20 Å². The Hall–Kier alpha value is -1.26. The Morgan fingerprint density at radius 1 is 1.33 bits per heavy atom. The van der Waals surface area contributed by atoms with Crippen LogP contribution >= 0.6 is 23.4 Å². The molecule has 0 aliphatic carbocycles. The summed E-state index contributed by atoms with van der Waals surface area (Å²) < 4.78 is 0. The summed E-state index contributed by atoms with van der Waals surface area (Å²) in [5.41, 5.74) is 6.22. The highest BCUT2D eigenvalue weighted by Gasteiger charge is 2.08. The predicted octanol–water partition coefficient (Wildman–Crippen LogP) is 3.79. The quantitative estimate of drug-likeness (QED) is 0.849. The van der Waals surface area contributed by atoms with E-state index in [4.69, 9.17) is 11.6 Å². The predicted molar refractivity (Wildman–Crippen MR) is 79.8 cm³/mol. The number of thioether (sulfide) groups is 1. The lowest BCUT2D eigenvalue weighted by atomic mass is 10.2. The maximum atomic E-state index is 5.96. The number of hydrogen-bond donors (Lipinski definition) is 1. The average Bonchev–Trinajstić information content (AvgIpc) is 2.89. The van der Waals surface area contributed by atoms with Gasteiger partial charge in [0.2, 0.25) is 0 Å². The lowest BCUT2D eigenvalue weighted by Gasteiger charge is -2.06. The van der Waals surface area contributed by atoms with E-state index >= 15 is 0 Å². The molecule has 2 heterocycles. The standard InChI is InChI=1S/C13H12ClN3S/c14-9-1-2-11-12(3-5-15-13(11)7-9)17-16-10-4-6-18-8-10/h1-3,5,7H,4,6,8H2,(H,15,17)/b16-10+. The number of halogens is 1. The van der Waals surface area contributed by atoms with Crippen LogP contribution in [0.2, 0.25) is 5.02 Å². The van der Waals surface area contributed by atoms with Crippen molar-refractivity contribution in [2.45, 2.75) is 6.42 Å². The summed E-state index contributed by atoms with van der Waals surface area (Å²) in [4.78, 5) is 4.31. The molecule has 3 rings (SSSR count). The molecule has 0 spiro atoms. The van der Waals surface area contributed by atoms with Gasteiger partial charge < -0.3 is 0 Å². The lowest BCUT2D eigenvalue weighted by Crippen LogP contribution is -2.00. The minimum absolute atomic E-state index is 0.700. The molecule has 1 saturated heterocycles. The molecular formula is C13H12ClN3S. The molecule has 0 unspecified atom stereocenters. The number of hydrazone groups is 1. The smallest absolute Gasteiger partial charge is 0.0738 e. The summed E-state index contributed by atoms with van der Waals surface area (Å²) in [5.74, 6) is 2.20. The number of fused-ring (bicyclic) bond motifs is 1. The molecule has 3 nitrogen and oxygen atoms in total. The van der Waals surface area contributed by atoms with Gasteiger partial charge in [0.15, 0.2) is 0 Å². The van der Waals surface area contributed by atoms with Crippen LogP contribution in [0.4, 0.5) is 5.69 Å². The minimum atomic E-state index is 0.700. The Morgan fingerprint density at radius 3 is 3.11 bits per heavy atom. The largest absolute Gasteiger partial charge is 0.278 e. The van der Waals surface area contributed by atoms with Gasteiger partial charge >= 0.3 is 0 Å². The van der Waals surface area contributed by atoms with Crippen molar-refractivity contribution >= 4 is 45.7 Å². The number of pyridine rings is 1. The van der Waals surface area contributed by atoms with Crippen LogP contribution in [0.15, 0.2) is 35.6 Å². The highest BCUT2D eigenvalue weighted by molar-refractivity contribution is 8.00. The zero-order chi connectivity index (χ0) is 12.4. The van der Waals surface area contributed by atoms with E-state index in [0.29, 0.717) is 5.02 Å². The zero-order valence-electron chi connectivity index (χ0n) is 9.69. The topological polar surface area (TPSA) is 37.3 Å². The lowest BCUT2D eigenvalue weighted by molar-refractivity contribution is 1.25. The minimum Gasteiger partial charge on any atom is -0.278 e. The number of benzene rings is 1. The average molecular weight is 278 g/mol. The van der Waals surface area contributed by atoms with E-state index in [1.807, 2.05) is 36.0 Å². The third-order valence-electron chi connectivity index (χ3n) is 2.84. The number of anilines is 1. The molecule has 1 aliphatic heterocycles. The second-order valence-electron chi connectivity index (χ2n) is 4.11. The van der Waals surface area contributed by atoms with E-state index in [2.05, 4.69) is 15.5 Å². The van der Waals surface area contributed by atoms with Gasteiger partial charge in [-0.05, 0) is 36.4 Å². The van der Waals surface area contributed by atoms with Crippen LogP contribution in [0.5, 0.6) is 0 Å². The first kappa shape index (κ1) is 11.8. The Labute approximate surface area is 115 Å². The molecule has 1 aromatic heterocycles. The molecule has 0 saturated carbocycles. The van der Waals surface area contributed by atoms with Gasteiger partial charge in [-0.25, -0.2) is 0 Å². The molecular weight excluding hydrogens is 266 g/mol. The second kappa shape index (κ2) is 5.16. The van der Waals surface area contributed by atoms with E-state index < -0.39 is 0 Å². The monoisotopic (exact) mass is 277 g/mol. The van der Waals surface area contributed by atoms with Crippen molar-refractivity contribution in [1.29, 1.82) is 0 Å². The molecule has 92 valence electrons. The summed E-state index contributed by atoms with van der Waals surface area (Å²) >= 11 is 7.88. The molecule has 1 fully saturated rings. The third-order valence-corrected chi connectivity index (χ3v) is 4.11. The fraction of sp³-hybridized carbons (Fsp3) is 0.231. The summed E-state index contributed by atoms with van der Waals surface area (Å²) in [7, 11) is 0. The Kier molecular flexibility index (Phi) is 3.39. The molecule has 0 amide bonds. The summed E-state index contributed by atoms with van der Waals surface area (Å²) in [6.45, 7) is 0. The number of hydrogen-bond acceptors (Lipinski definition) is 4. The van der Waals surface area contributed by atoms with Crippen molar-refractivity contribution < 1.29 is 0 Å². The molecule has 5 heteroatoms. The van der Waals surface area contributed by atoms with Crippen LogP contribution in [-0.4, -0.2) is 22.2 Å². The first-order chi connectivity index (χ1) is 8.83. The zero-order valence-corrected chi connectivity index (χ0v) is 11.3. The third kappa shape index (κ3) is 2.44. The van der Waals surface area contributed by atoms with E-state index in [-0.39, 0.29) is 0 Å². The Morgan fingerprint density at radius 2 is 2.28 bits per heavy atom. The molecule has 18 heavy (non-hydrogen) atoms. The number of aromatic nitrogens is 1. The maximum absolute atomic E-state index is 5.96. The van der Waals surface area contributed by atoms with Crippen LogP contribution < -0.4 is 5.43 Å². The van der Waals surface area contributed by atoms with E-state index in [0.717, 1.165) is 28.8 Å². The van der Waals surface area contributed by atoms with Crippen molar-refractivity contribution in [3.05, 3.63) is 35.5 Å². The molecule has 1 N–H and O–H groups in total. The van der Waals surface area contributed by atoms with E-state index in [9.17, 15) is 0 Å². The molecule has 2 aromatic rings. The van der Waals surface area contributed by atoms with Crippen molar-refractivity contribution in [2.24, 2.45) is 5.10 Å².